The maximum absolute atomic E-state index is 12.1. The highest BCUT2D eigenvalue weighted by Gasteiger charge is 2.27. The smallest absolute Gasteiger partial charge is 0.254 e. The van der Waals surface area contributed by atoms with Crippen LogP contribution in [0.15, 0.2) is 18.2 Å². The molecule has 1 aromatic rings. The van der Waals surface area contributed by atoms with E-state index in [1.165, 1.54) is 24.1 Å². The zero-order valence-electron chi connectivity index (χ0n) is 10.3. The Hall–Kier alpha value is -2.57. The first-order chi connectivity index (χ1) is 9.01. The highest BCUT2D eigenvalue weighted by molar-refractivity contribution is 6.06. The normalized spacial score (nSPS) is 15.1. The molecule has 1 aliphatic rings. The third-order valence-corrected chi connectivity index (χ3v) is 2.71. The van der Waals surface area contributed by atoms with E-state index < -0.39 is 17.7 Å². The lowest BCUT2D eigenvalue weighted by Crippen LogP contribution is -2.53. The van der Waals surface area contributed by atoms with Crippen molar-refractivity contribution in [2.75, 3.05) is 25.9 Å². The minimum Gasteiger partial charge on any atom is -0.495 e. The minimum atomic E-state index is -0.494. The van der Waals surface area contributed by atoms with Gasteiger partial charge in [-0.05, 0) is 18.2 Å². The summed E-state index contributed by atoms with van der Waals surface area (Å²) in [4.78, 5) is 35.7. The molecule has 0 atom stereocenters. The predicted molar refractivity (Wildman–Crippen MR) is 66.5 cm³/mol. The summed E-state index contributed by atoms with van der Waals surface area (Å²) in [5.74, 6) is -0.946. The van der Waals surface area contributed by atoms with E-state index in [0.29, 0.717) is 17.0 Å². The second kappa shape index (κ2) is 4.97. The van der Waals surface area contributed by atoms with Crippen LogP contribution in [0.3, 0.4) is 0 Å². The van der Waals surface area contributed by atoms with Crippen molar-refractivity contribution in [1.82, 2.24) is 10.2 Å². The van der Waals surface area contributed by atoms with E-state index in [9.17, 15) is 14.4 Å². The van der Waals surface area contributed by atoms with Crippen molar-refractivity contribution < 1.29 is 19.1 Å². The summed E-state index contributed by atoms with van der Waals surface area (Å²) in [5.41, 5.74) is 6.34. The van der Waals surface area contributed by atoms with Gasteiger partial charge in [0.15, 0.2) is 0 Å². The van der Waals surface area contributed by atoms with Crippen LogP contribution in [-0.2, 0) is 9.59 Å². The summed E-state index contributed by atoms with van der Waals surface area (Å²) in [6.07, 6.45) is 0. The number of carbonyl (C=O) groups is 3. The van der Waals surface area contributed by atoms with Gasteiger partial charge in [-0.25, -0.2) is 0 Å². The van der Waals surface area contributed by atoms with Gasteiger partial charge in [-0.3, -0.25) is 19.7 Å². The van der Waals surface area contributed by atoms with Crippen LogP contribution in [0.25, 0.3) is 0 Å². The lowest BCUT2D eigenvalue weighted by Gasteiger charge is -2.25. The standard InChI is InChI=1S/C12H13N3O4/c1-19-9-3-2-7(4-8(9)13)12(18)15-5-10(16)14-11(17)6-15/h2-4H,5-6,13H2,1H3,(H,14,16,17). The number of hydrogen-bond donors (Lipinski definition) is 2. The van der Waals surface area contributed by atoms with Crippen molar-refractivity contribution >= 4 is 23.4 Å². The number of nitrogens with two attached hydrogens (primary N) is 1. The van der Waals surface area contributed by atoms with Crippen LogP contribution in [-0.4, -0.2) is 42.8 Å². The van der Waals surface area contributed by atoms with Crippen LogP contribution in [0.1, 0.15) is 10.4 Å². The zero-order chi connectivity index (χ0) is 14.0. The Morgan fingerprint density at radius 2 is 1.95 bits per heavy atom. The molecule has 3 N–H and O–H groups in total. The van der Waals surface area contributed by atoms with Gasteiger partial charge < -0.3 is 15.4 Å². The molecule has 3 amide bonds. The number of nitrogen functional groups attached to an aromatic ring is 1. The number of ether oxygens (including phenoxy) is 1. The number of amides is 3. The molecule has 1 aliphatic heterocycles. The second-order valence-corrected chi connectivity index (χ2v) is 4.09. The summed E-state index contributed by atoms with van der Waals surface area (Å²) in [6, 6.07) is 4.56. The molecule has 7 heteroatoms. The van der Waals surface area contributed by atoms with Gasteiger partial charge in [0.25, 0.3) is 5.91 Å². The van der Waals surface area contributed by atoms with E-state index in [4.69, 9.17) is 10.5 Å². The molecule has 0 saturated carbocycles. The van der Waals surface area contributed by atoms with Crippen molar-refractivity contribution in [2.24, 2.45) is 0 Å². The van der Waals surface area contributed by atoms with E-state index in [-0.39, 0.29) is 13.1 Å². The summed E-state index contributed by atoms with van der Waals surface area (Å²) in [6.45, 7) is -0.285. The number of imide groups is 1. The van der Waals surface area contributed by atoms with Gasteiger partial charge in [0.1, 0.15) is 18.8 Å². The van der Waals surface area contributed by atoms with Gasteiger partial charge in [0.2, 0.25) is 11.8 Å². The van der Waals surface area contributed by atoms with Crippen LogP contribution in [0.5, 0.6) is 5.75 Å². The number of nitrogens with one attached hydrogen (secondary N) is 1. The average Bonchev–Trinajstić information content (AvgIpc) is 2.36. The fourth-order valence-corrected chi connectivity index (χ4v) is 1.83. The minimum absolute atomic E-state index is 0.142. The van der Waals surface area contributed by atoms with Crippen molar-refractivity contribution in [2.45, 2.75) is 0 Å². The Labute approximate surface area is 109 Å². The molecular formula is C12H13N3O4. The van der Waals surface area contributed by atoms with Gasteiger partial charge in [-0.2, -0.15) is 0 Å². The molecule has 0 spiro atoms. The maximum Gasteiger partial charge on any atom is 0.254 e. The second-order valence-electron chi connectivity index (χ2n) is 4.09. The van der Waals surface area contributed by atoms with Crippen molar-refractivity contribution in [3.63, 3.8) is 0 Å². The predicted octanol–water partition coefficient (Wildman–Crippen LogP) is -0.624. The van der Waals surface area contributed by atoms with Crippen molar-refractivity contribution in [3.05, 3.63) is 23.8 Å². The first kappa shape index (κ1) is 12.9. The number of anilines is 1. The third-order valence-electron chi connectivity index (χ3n) is 2.71. The molecule has 0 aliphatic carbocycles. The molecule has 7 nitrogen and oxygen atoms in total. The Morgan fingerprint density at radius 3 is 2.47 bits per heavy atom. The molecule has 19 heavy (non-hydrogen) atoms. The van der Waals surface area contributed by atoms with Gasteiger partial charge in [-0.15, -0.1) is 0 Å². The molecule has 0 aromatic heterocycles. The third kappa shape index (κ3) is 2.65. The summed E-state index contributed by atoms with van der Waals surface area (Å²) in [5, 5.41) is 2.13. The lowest BCUT2D eigenvalue weighted by atomic mass is 10.1. The van der Waals surface area contributed by atoms with Crippen LogP contribution in [0.2, 0.25) is 0 Å². The monoisotopic (exact) mass is 263 g/mol. The molecule has 2 rings (SSSR count). The number of methoxy groups -OCH3 is 1. The van der Waals surface area contributed by atoms with E-state index in [2.05, 4.69) is 5.32 Å². The van der Waals surface area contributed by atoms with E-state index in [1.807, 2.05) is 0 Å². The number of benzene rings is 1. The molecule has 1 fully saturated rings. The van der Waals surface area contributed by atoms with Crippen LogP contribution in [0, 0.1) is 0 Å². The quantitative estimate of drug-likeness (QED) is 0.546. The van der Waals surface area contributed by atoms with Crippen LogP contribution < -0.4 is 15.8 Å². The fourth-order valence-electron chi connectivity index (χ4n) is 1.83. The highest BCUT2D eigenvalue weighted by atomic mass is 16.5. The molecule has 0 bridgehead atoms. The van der Waals surface area contributed by atoms with E-state index in [0.717, 1.165) is 0 Å². The van der Waals surface area contributed by atoms with Crippen LogP contribution >= 0.6 is 0 Å². The van der Waals surface area contributed by atoms with Crippen molar-refractivity contribution in [3.8, 4) is 5.75 Å². The van der Waals surface area contributed by atoms with E-state index >= 15 is 0 Å². The maximum atomic E-state index is 12.1. The first-order valence-electron chi connectivity index (χ1n) is 5.56. The molecule has 1 saturated heterocycles. The number of piperazine rings is 1. The number of nitrogens with zero attached hydrogens (tertiary/aromatic N) is 1. The lowest BCUT2D eigenvalue weighted by molar-refractivity contribution is -0.135. The number of hydrogen-bond acceptors (Lipinski definition) is 5. The topological polar surface area (TPSA) is 102 Å². The summed E-state index contributed by atoms with van der Waals surface area (Å²) >= 11 is 0. The van der Waals surface area contributed by atoms with Gasteiger partial charge >= 0.3 is 0 Å². The fraction of sp³-hybridized carbons (Fsp3) is 0.250. The highest BCUT2D eigenvalue weighted by Crippen LogP contribution is 2.22. The summed E-state index contributed by atoms with van der Waals surface area (Å²) in [7, 11) is 1.47. The Bertz CT molecular complexity index is 540. The molecule has 1 heterocycles. The first-order valence-corrected chi connectivity index (χ1v) is 5.56. The molecule has 0 radical (unpaired) electrons. The van der Waals surface area contributed by atoms with Crippen LogP contribution in [0.4, 0.5) is 5.69 Å². The van der Waals surface area contributed by atoms with Crippen molar-refractivity contribution in [1.29, 1.82) is 0 Å². The molecule has 1 aromatic carbocycles. The molecule has 100 valence electrons. The largest absolute Gasteiger partial charge is 0.495 e. The van der Waals surface area contributed by atoms with Gasteiger partial charge in [-0.1, -0.05) is 0 Å². The molecular weight excluding hydrogens is 250 g/mol. The number of rotatable bonds is 2. The Kier molecular flexibility index (Phi) is 3.37. The Morgan fingerprint density at radius 1 is 1.32 bits per heavy atom. The van der Waals surface area contributed by atoms with Gasteiger partial charge in [0, 0.05) is 5.56 Å². The molecule has 0 unspecified atom stereocenters. The SMILES string of the molecule is COc1ccc(C(=O)N2CC(=O)NC(=O)C2)cc1N. The number of carbonyl (C=O) groups excluding carboxylic acids is 3. The zero-order valence-corrected chi connectivity index (χ0v) is 10.3. The average molecular weight is 263 g/mol. The summed E-state index contributed by atoms with van der Waals surface area (Å²) < 4.78 is 4.99. The van der Waals surface area contributed by atoms with Gasteiger partial charge in [0.05, 0.1) is 12.8 Å². The Balaban J connectivity index is 2.21. The van der Waals surface area contributed by atoms with E-state index in [1.54, 1.807) is 6.07 Å².